The molecule has 5 heteroatoms. The van der Waals surface area contributed by atoms with Crippen LogP contribution in [0.3, 0.4) is 0 Å². The van der Waals surface area contributed by atoms with Crippen LogP contribution in [0.15, 0.2) is 24.3 Å². The third kappa shape index (κ3) is 3.50. The lowest BCUT2D eigenvalue weighted by molar-refractivity contribution is 0.0599. The number of aromatic nitrogens is 1. The number of hydrogen-bond acceptors (Lipinski definition) is 3. The first kappa shape index (κ1) is 15.9. The van der Waals surface area contributed by atoms with Crippen molar-refractivity contribution in [2.75, 3.05) is 7.11 Å². The topological polar surface area (TPSA) is 51.2 Å². The van der Waals surface area contributed by atoms with Crippen LogP contribution in [-0.2, 0) is 4.74 Å². The van der Waals surface area contributed by atoms with E-state index in [0.717, 1.165) is 25.7 Å². The Labute approximate surface area is 135 Å². The number of fused-ring (bicyclic) bond motifs is 1. The number of hydrogen-bond donors (Lipinski definition) is 1. The summed E-state index contributed by atoms with van der Waals surface area (Å²) in [5.74, 6) is -0.465. The number of carbonyl (C=O) groups excluding carboxylic acids is 1. The van der Waals surface area contributed by atoms with Gasteiger partial charge in [-0.15, -0.1) is 0 Å². The first-order chi connectivity index (χ1) is 11.1. The fourth-order valence-corrected chi connectivity index (χ4v) is 3.23. The molecule has 1 heterocycles. The first-order valence-corrected chi connectivity index (χ1v) is 7.97. The minimum absolute atomic E-state index is 0.118. The lowest BCUT2D eigenvalue weighted by Crippen LogP contribution is -2.39. The molecule has 1 aromatic carbocycles. The number of nitrogens with zero attached hydrogens (tertiary/aromatic N) is 1. The van der Waals surface area contributed by atoms with E-state index < -0.39 is 0 Å². The Morgan fingerprint density at radius 1 is 1.26 bits per heavy atom. The first-order valence-electron chi connectivity index (χ1n) is 7.97. The summed E-state index contributed by atoms with van der Waals surface area (Å²) in [6.07, 6.45) is 4.06. The minimum Gasteiger partial charge on any atom is -0.381 e. The molecule has 1 aliphatic carbocycles. The normalized spacial score (nSPS) is 21.3. The van der Waals surface area contributed by atoms with Crippen molar-refractivity contribution in [1.29, 1.82) is 0 Å². The van der Waals surface area contributed by atoms with Crippen LogP contribution in [0.2, 0.25) is 0 Å². The van der Waals surface area contributed by atoms with E-state index in [-0.39, 0.29) is 17.8 Å². The van der Waals surface area contributed by atoms with Crippen molar-refractivity contribution in [3.63, 3.8) is 0 Å². The standard InChI is InChI=1S/C18H21FN2O2/c1-11-9-16(15-8-3-12(19)10-17(15)20-11)18(22)21-13-4-6-14(23-2)7-5-13/h3,8-10,13-14H,4-7H2,1-2H3,(H,21,22). The molecule has 1 aromatic heterocycles. The van der Waals surface area contributed by atoms with Gasteiger partial charge >= 0.3 is 0 Å². The van der Waals surface area contributed by atoms with E-state index in [1.807, 2.05) is 6.92 Å². The molecule has 0 unspecified atom stereocenters. The molecule has 23 heavy (non-hydrogen) atoms. The highest BCUT2D eigenvalue weighted by molar-refractivity contribution is 6.06. The number of pyridine rings is 1. The Morgan fingerprint density at radius 2 is 2.00 bits per heavy atom. The van der Waals surface area contributed by atoms with E-state index in [2.05, 4.69) is 10.3 Å². The molecule has 1 amide bonds. The number of rotatable bonds is 3. The molecule has 0 atom stereocenters. The lowest BCUT2D eigenvalue weighted by Gasteiger charge is -2.28. The Bertz CT molecular complexity index is 719. The van der Waals surface area contributed by atoms with Gasteiger partial charge in [0.15, 0.2) is 0 Å². The molecule has 2 aromatic rings. The molecule has 1 fully saturated rings. The molecule has 1 aliphatic rings. The third-order valence-electron chi connectivity index (χ3n) is 4.49. The summed E-state index contributed by atoms with van der Waals surface area (Å²) in [6.45, 7) is 1.81. The van der Waals surface area contributed by atoms with Gasteiger partial charge in [-0.3, -0.25) is 9.78 Å². The Kier molecular flexibility index (Phi) is 4.57. The zero-order chi connectivity index (χ0) is 16.4. The highest BCUT2D eigenvalue weighted by Gasteiger charge is 2.23. The summed E-state index contributed by atoms with van der Waals surface area (Å²) in [6, 6.07) is 6.27. The van der Waals surface area contributed by atoms with Crippen molar-refractivity contribution >= 4 is 16.8 Å². The summed E-state index contributed by atoms with van der Waals surface area (Å²) < 4.78 is 18.7. The molecule has 1 N–H and O–H groups in total. The number of ether oxygens (including phenoxy) is 1. The number of halogens is 1. The van der Waals surface area contributed by atoms with Gasteiger partial charge in [-0.2, -0.15) is 0 Å². The van der Waals surface area contributed by atoms with Gasteiger partial charge in [0.1, 0.15) is 5.82 Å². The van der Waals surface area contributed by atoms with Gasteiger partial charge in [0.05, 0.1) is 17.2 Å². The van der Waals surface area contributed by atoms with E-state index >= 15 is 0 Å². The molecule has 1 saturated carbocycles. The van der Waals surface area contributed by atoms with Crippen molar-refractivity contribution in [1.82, 2.24) is 10.3 Å². The second kappa shape index (κ2) is 6.62. The summed E-state index contributed by atoms with van der Waals surface area (Å²) in [5, 5.41) is 3.78. The largest absolute Gasteiger partial charge is 0.381 e. The molecule has 122 valence electrons. The maximum Gasteiger partial charge on any atom is 0.252 e. The van der Waals surface area contributed by atoms with E-state index in [1.165, 1.54) is 12.1 Å². The van der Waals surface area contributed by atoms with E-state index in [0.29, 0.717) is 28.3 Å². The molecular formula is C18H21FN2O2. The molecule has 4 nitrogen and oxygen atoms in total. The van der Waals surface area contributed by atoms with Crippen molar-refractivity contribution < 1.29 is 13.9 Å². The predicted molar refractivity (Wildman–Crippen MR) is 87.0 cm³/mol. The van der Waals surface area contributed by atoms with Crippen LogP contribution in [0.4, 0.5) is 4.39 Å². The van der Waals surface area contributed by atoms with Crippen LogP contribution in [-0.4, -0.2) is 30.1 Å². The van der Waals surface area contributed by atoms with E-state index in [4.69, 9.17) is 4.74 Å². The Morgan fingerprint density at radius 3 is 2.70 bits per heavy atom. The second-order valence-electron chi connectivity index (χ2n) is 6.16. The highest BCUT2D eigenvalue weighted by atomic mass is 19.1. The third-order valence-corrected chi connectivity index (χ3v) is 4.49. The number of aryl methyl sites for hydroxylation is 1. The highest BCUT2D eigenvalue weighted by Crippen LogP contribution is 2.23. The van der Waals surface area contributed by atoms with Crippen LogP contribution >= 0.6 is 0 Å². The number of methoxy groups -OCH3 is 1. The van der Waals surface area contributed by atoms with Crippen LogP contribution in [0.5, 0.6) is 0 Å². The van der Waals surface area contributed by atoms with Crippen molar-refractivity contribution in [3.05, 3.63) is 41.3 Å². The van der Waals surface area contributed by atoms with Gasteiger partial charge in [0.25, 0.3) is 5.91 Å². The lowest BCUT2D eigenvalue weighted by atomic mass is 9.92. The van der Waals surface area contributed by atoms with Crippen LogP contribution in [0, 0.1) is 12.7 Å². The summed E-state index contributed by atoms with van der Waals surface area (Å²) >= 11 is 0. The molecular weight excluding hydrogens is 295 g/mol. The van der Waals surface area contributed by atoms with Crippen LogP contribution in [0.25, 0.3) is 10.9 Å². The van der Waals surface area contributed by atoms with Crippen molar-refractivity contribution in [2.24, 2.45) is 0 Å². The molecule has 0 radical (unpaired) electrons. The van der Waals surface area contributed by atoms with Crippen LogP contribution in [0.1, 0.15) is 41.7 Å². The maximum absolute atomic E-state index is 13.4. The molecule has 3 rings (SSSR count). The van der Waals surface area contributed by atoms with Crippen molar-refractivity contribution in [2.45, 2.75) is 44.8 Å². The van der Waals surface area contributed by atoms with Gasteiger partial charge in [-0.1, -0.05) is 0 Å². The van der Waals surface area contributed by atoms with Gasteiger partial charge in [0.2, 0.25) is 0 Å². The molecule has 0 aliphatic heterocycles. The second-order valence-corrected chi connectivity index (χ2v) is 6.16. The maximum atomic E-state index is 13.4. The summed E-state index contributed by atoms with van der Waals surface area (Å²) in [4.78, 5) is 17.0. The zero-order valence-corrected chi connectivity index (χ0v) is 13.4. The number of benzene rings is 1. The van der Waals surface area contributed by atoms with Gasteiger partial charge < -0.3 is 10.1 Å². The minimum atomic E-state index is -0.347. The SMILES string of the molecule is COC1CCC(NC(=O)c2cc(C)nc3cc(F)ccc23)CC1. The Balaban J connectivity index is 1.81. The molecule has 0 bridgehead atoms. The van der Waals surface area contributed by atoms with E-state index in [1.54, 1.807) is 19.2 Å². The van der Waals surface area contributed by atoms with E-state index in [9.17, 15) is 9.18 Å². The van der Waals surface area contributed by atoms with Crippen LogP contribution < -0.4 is 5.32 Å². The fraction of sp³-hybridized carbons (Fsp3) is 0.444. The van der Waals surface area contributed by atoms with Gasteiger partial charge in [0, 0.05) is 30.3 Å². The monoisotopic (exact) mass is 316 g/mol. The average molecular weight is 316 g/mol. The predicted octanol–water partition coefficient (Wildman–Crippen LogP) is 3.37. The molecule has 0 saturated heterocycles. The quantitative estimate of drug-likeness (QED) is 0.944. The fourth-order valence-electron chi connectivity index (χ4n) is 3.23. The number of carbonyl (C=O) groups is 1. The summed E-state index contributed by atoms with van der Waals surface area (Å²) in [5.41, 5.74) is 1.77. The zero-order valence-electron chi connectivity index (χ0n) is 13.4. The van der Waals surface area contributed by atoms with Gasteiger partial charge in [-0.25, -0.2) is 4.39 Å². The number of nitrogens with one attached hydrogen (secondary N) is 1. The van der Waals surface area contributed by atoms with Crippen molar-refractivity contribution in [3.8, 4) is 0 Å². The summed E-state index contributed by atoms with van der Waals surface area (Å²) in [7, 11) is 1.73. The smallest absolute Gasteiger partial charge is 0.252 e. The average Bonchev–Trinajstić information content (AvgIpc) is 2.54. The Hall–Kier alpha value is -2.01. The molecule has 0 spiro atoms. The van der Waals surface area contributed by atoms with Gasteiger partial charge in [-0.05, 0) is 50.8 Å². The number of amides is 1.